The summed E-state index contributed by atoms with van der Waals surface area (Å²) >= 11 is 8.42. The molecule has 0 bridgehead atoms. The van der Waals surface area contributed by atoms with Crippen molar-refractivity contribution < 1.29 is 55.2 Å². The van der Waals surface area contributed by atoms with Gasteiger partial charge in [-0.3, -0.25) is 28.2 Å². The van der Waals surface area contributed by atoms with Crippen LogP contribution < -0.4 is 47.0 Å². The maximum absolute atomic E-state index is 12.6. The van der Waals surface area contributed by atoms with Gasteiger partial charge >= 0.3 is 0 Å². The van der Waals surface area contributed by atoms with Gasteiger partial charge in [0.15, 0.2) is 0 Å². The van der Waals surface area contributed by atoms with E-state index in [-0.39, 0.29) is 76.2 Å². The monoisotopic (exact) mass is 1890 g/mol. The smallest absolute Gasteiger partial charge is 0.264 e. The molecule has 10 aromatic carbocycles. The Hall–Kier alpha value is -9.76. The van der Waals surface area contributed by atoms with Gasteiger partial charge in [-0.2, -0.15) is 12.7 Å². The number of anilines is 5. The highest BCUT2D eigenvalue weighted by atomic mass is 32.2. The summed E-state index contributed by atoms with van der Waals surface area (Å²) in [4.78, 5) is 76.0. The Morgan fingerprint density at radius 2 is 0.628 bits per heavy atom. The Labute approximate surface area is 787 Å². The number of benzene rings is 10. The number of carbonyl (C=O) groups is 5. The van der Waals surface area contributed by atoms with Crippen LogP contribution in [0.15, 0.2) is 261 Å². The van der Waals surface area contributed by atoms with Crippen LogP contribution in [-0.2, 0) is 48.3 Å². The number of hydrogen-bond donors (Lipinski definition) is 9. The molecule has 0 fully saturated rings. The first kappa shape index (κ1) is 108. The maximum atomic E-state index is 12.6. The summed E-state index contributed by atoms with van der Waals surface area (Å²) in [6.45, 7) is 33.0. The molecule has 10 aromatic rings. The van der Waals surface area contributed by atoms with E-state index in [4.69, 9.17) is 10.2 Å². The Kier molecular flexibility index (Phi) is 48.1. The largest absolute Gasteiger partial charge is 0.395 e. The van der Waals surface area contributed by atoms with E-state index in [0.29, 0.717) is 18.8 Å². The van der Waals surface area contributed by atoms with Crippen LogP contribution in [-0.4, -0.2) is 172 Å². The molecule has 9 N–H and O–H groups in total. The number of para-hydroxylation sites is 5. The van der Waals surface area contributed by atoms with Gasteiger partial charge in [0.1, 0.15) is 0 Å². The Bertz CT molecular complexity index is 5250. The normalized spacial score (nSPS) is 10.9. The van der Waals surface area contributed by atoms with E-state index in [9.17, 15) is 40.8 Å². The van der Waals surface area contributed by atoms with Crippen LogP contribution in [0, 0.1) is 69.2 Å². The second kappa shape index (κ2) is 57.4. The molecule has 129 heavy (non-hydrogen) atoms. The molecule has 0 radical (unpaired) electrons. The third kappa shape index (κ3) is 40.2. The van der Waals surface area contributed by atoms with Crippen molar-refractivity contribution in [2.45, 2.75) is 172 Å². The molecular weight excluding hydrogens is 1760 g/mol. The molecule has 0 atom stereocenters. The fraction of sp³-hybridized carbons (Fsp3) is 0.350. The average molecular weight is 1890 g/mol. The minimum absolute atomic E-state index is 0.0261. The first-order chi connectivity index (χ1) is 61.6. The van der Waals surface area contributed by atoms with Crippen LogP contribution in [0.3, 0.4) is 0 Å². The highest BCUT2D eigenvalue weighted by molar-refractivity contribution is 8.00. The minimum atomic E-state index is -3.75. The molecule has 5 amide bonds. The molecule has 0 aliphatic heterocycles. The van der Waals surface area contributed by atoms with Gasteiger partial charge in [0.05, 0.1) is 82.1 Å². The Morgan fingerprint density at radius 3 is 0.946 bits per heavy atom. The minimum Gasteiger partial charge on any atom is -0.395 e. The summed E-state index contributed by atoms with van der Waals surface area (Å²) in [6, 6.07) is 71.9. The van der Waals surface area contributed by atoms with Crippen LogP contribution in [0.4, 0.5) is 28.4 Å². The quantitative estimate of drug-likeness (QED) is 0.0161. The van der Waals surface area contributed by atoms with Crippen molar-refractivity contribution in [3.8, 4) is 0 Å². The summed E-state index contributed by atoms with van der Waals surface area (Å²) in [7, 11) is -7.45. The first-order valence-corrected chi connectivity index (χ1v) is 51.0. The highest BCUT2D eigenvalue weighted by Gasteiger charge is 2.24. The van der Waals surface area contributed by atoms with Crippen molar-refractivity contribution >= 4 is 137 Å². The number of hydrogen-bond acceptors (Lipinski definition) is 21. The van der Waals surface area contributed by atoms with Gasteiger partial charge in [-0.15, -0.1) is 0 Å². The summed E-state index contributed by atoms with van der Waals surface area (Å²) < 4.78 is 51.6. The van der Waals surface area contributed by atoms with E-state index < -0.39 is 32.6 Å². The van der Waals surface area contributed by atoms with Gasteiger partial charge in [0.2, 0.25) is 39.6 Å². The molecule has 0 saturated carbocycles. The van der Waals surface area contributed by atoms with Crippen LogP contribution >= 0.6 is 58.8 Å². The number of amides is 5. The molecule has 0 aromatic heterocycles. The van der Waals surface area contributed by atoms with Gasteiger partial charge in [-0.05, 0) is 214 Å². The van der Waals surface area contributed by atoms with E-state index in [1.165, 1.54) is 80.7 Å². The molecular formula is C100H130N10O12S7. The summed E-state index contributed by atoms with van der Waals surface area (Å²) in [6.07, 6.45) is 5.68. The van der Waals surface area contributed by atoms with Gasteiger partial charge in [0, 0.05) is 106 Å². The molecule has 0 unspecified atom stereocenters. The van der Waals surface area contributed by atoms with E-state index in [0.717, 1.165) is 127 Å². The van der Waals surface area contributed by atoms with Crippen molar-refractivity contribution in [2.24, 2.45) is 0 Å². The van der Waals surface area contributed by atoms with Crippen molar-refractivity contribution in [1.29, 1.82) is 0 Å². The zero-order valence-corrected chi connectivity index (χ0v) is 83.0. The Balaban J connectivity index is 0.000000250. The van der Waals surface area contributed by atoms with Crippen molar-refractivity contribution in [1.82, 2.24) is 25.6 Å². The molecule has 0 saturated heterocycles. The molecule has 29 heteroatoms. The number of aliphatic hydroxyl groups is 2. The second-order valence-electron chi connectivity index (χ2n) is 30.8. The fourth-order valence-corrected chi connectivity index (χ4v) is 19.0. The summed E-state index contributed by atoms with van der Waals surface area (Å²) in [5, 5.41) is 38.0. The average Bonchev–Trinajstić information content (AvgIpc) is 0.828. The predicted molar refractivity (Wildman–Crippen MR) is 537 cm³/mol. The molecule has 10 rings (SSSR count). The summed E-state index contributed by atoms with van der Waals surface area (Å²) in [5.74, 6) is -0.632. The Morgan fingerprint density at radius 1 is 0.333 bits per heavy atom. The number of nitrogens with one attached hydrogen (secondary N) is 7. The van der Waals surface area contributed by atoms with Crippen molar-refractivity contribution in [3.63, 3.8) is 0 Å². The van der Waals surface area contributed by atoms with E-state index in [1.807, 2.05) is 106 Å². The SMILES string of the molecule is CCCN(CC(=O)NCCO)c1ccccc1Sc1ccc(C)cc1C.CCCNC(=O)CN(CCC)c1ccccc1Sc1ccc(C)cc1C.CCCNC(=O)CNc1ccccc1Sc1ccc(C)cc1C.Cc1ccc(Sc2ccccc2NC(=O)CN(CCOS(C)(=O)=O)S(C)(=O)=O)c(C)c1.Cc1ccc(Sc2ccccc2NCC(=O)NCCO)c(C)c1. The predicted octanol–water partition coefficient (Wildman–Crippen LogP) is 19.0. The number of aliphatic hydroxyl groups excluding tert-OH is 2. The zero-order valence-electron chi connectivity index (χ0n) is 77.3. The second-order valence-corrected chi connectivity index (χ2v) is 39.9. The highest BCUT2D eigenvalue weighted by Crippen LogP contribution is 2.42. The number of sulfonamides is 1. The van der Waals surface area contributed by atoms with Crippen LogP contribution in [0.25, 0.3) is 0 Å². The number of nitrogens with zero attached hydrogens (tertiary/aromatic N) is 3. The summed E-state index contributed by atoms with van der Waals surface area (Å²) in [5.41, 5.74) is 17.0. The van der Waals surface area contributed by atoms with Crippen LogP contribution in [0.5, 0.6) is 0 Å². The lowest BCUT2D eigenvalue weighted by molar-refractivity contribution is -0.120. The molecule has 0 heterocycles. The first-order valence-electron chi connectivity index (χ1n) is 43.2. The van der Waals surface area contributed by atoms with Gasteiger partial charge in [0.25, 0.3) is 10.1 Å². The van der Waals surface area contributed by atoms with E-state index >= 15 is 0 Å². The molecule has 22 nitrogen and oxygen atoms in total. The topological polar surface area (TPSA) is 297 Å². The third-order valence-electron chi connectivity index (χ3n) is 19.1. The lowest BCUT2D eigenvalue weighted by atomic mass is 10.2. The van der Waals surface area contributed by atoms with Crippen molar-refractivity contribution in [2.75, 3.05) is 137 Å². The number of aryl methyl sites for hydroxylation is 10. The molecule has 694 valence electrons. The van der Waals surface area contributed by atoms with E-state index in [1.54, 1.807) is 59.2 Å². The molecule has 0 aliphatic rings. The third-order valence-corrected chi connectivity index (χ3v) is 27.2. The standard InChI is InChI=1S/C22H30N2OS.C21H28N2O2S.C20H26N2O6S3.C19H24N2OS.C18H22N2O2S/c1-5-13-23-22(25)16-24(14-6-2)19-9-7-8-10-21(19)26-20-12-11-17(3)15-18(20)4;1-4-12-23(15-21(25)22-11-13-24)18-7-5-6-8-20(18)26-19-10-9-16(2)14-17(19)3;1-15-9-10-18(16(2)13-15)29-19-8-6-5-7-17(19)21-20(23)14-22(30(3,24)25)11-12-28-31(4,26)27;1-4-11-20-19(22)13-21-16-7-5-6-8-18(16)23-17-10-9-14(2)12-15(17)3;1-13-7-8-16(14(2)11-13)23-17-6-4-3-5-15(17)20-12-18(22)19-9-10-21/h7-12,15H,5-6,13-14,16H2,1-4H3,(H,23,25);5-10,14,24H,4,11-13,15H2,1-3H3,(H,22,25);5-10,13H,11-12,14H2,1-4H3,(H,21,23);5-10,12,21H,4,11,13H2,1-3H3,(H,20,22);3-8,11,20-21H,9-10,12H2,1-2H3,(H,19,22). The van der Waals surface area contributed by atoms with Gasteiger partial charge in [-0.25, -0.2) is 8.42 Å². The lowest BCUT2D eigenvalue weighted by Crippen LogP contribution is -2.39. The van der Waals surface area contributed by atoms with Gasteiger partial charge in [-0.1, -0.05) is 236 Å². The number of carbonyl (C=O) groups excluding carboxylic acids is 5. The van der Waals surface area contributed by atoms with Crippen molar-refractivity contribution in [3.05, 3.63) is 268 Å². The fourth-order valence-electron chi connectivity index (χ4n) is 12.8. The van der Waals surface area contributed by atoms with Crippen LogP contribution in [0.2, 0.25) is 0 Å². The zero-order chi connectivity index (χ0) is 94.4. The molecule has 0 aliphatic carbocycles. The number of rotatable bonds is 42. The van der Waals surface area contributed by atoms with E-state index in [2.05, 4.69) is 243 Å². The lowest BCUT2D eigenvalue weighted by Gasteiger charge is -2.26. The molecule has 0 spiro atoms. The van der Waals surface area contributed by atoms with Gasteiger partial charge < -0.3 is 57.2 Å². The van der Waals surface area contributed by atoms with Crippen LogP contribution in [0.1, 0.15) is 109 Å². The maximum Gasteiger partial charge on any atom is 0.264 e.